The molecule has 0 bridgehead atoms. The summed E-state index contributed by atoms with van der Waals surface area (Å²) in [6, 6.07) is 0. The molecule has 0 saturated carbocycles. The summed E-state index contributed by atoms with van der Waals surface area (Å²) in [6.45, 7) is 0. The number of nitro groups is 1. The summed E-state index contributed by atoms with van der Waals surface area (Å²) in [5.74, 6) is 0. The molecule has 0 rings (SSSR count). The molecule has 0 aliphatic heterocycles. The molecule has 0 amide bonds. The Morgan fingerprint density at radius 2 is 1.80 bits per heavy atom. The van der Waals surface area contributed by atoms with Gasteiger partial charge in [-0.3, -0.25) is 0 Å². The third kappa shape index (κ3) is 18.0. The summed E-state index contributed by atoms with van der Waals surface area (Å²) >= 11 is 0. The SMILES string of the molecule is O=[N+]([O-])F.[B]. The fourth-order valence-corrected chi connectivity index (χ4v) is 0. The van der Waals surface area contributed by atoms with E-state index in [4.69, 9.17) is 10.1 Å². The van der Waals surface area contributed by atoms with Gasteiger partial charge in [-0.2, -0.15) is 0 Å². The van der Waals surface area contributed by atoms with Crippen LogP contribution in [-0.4, -0.2) is 13.6 Å². The van der Waals surface area contributed by atoms with Gasteiger partial charge in [-0.15, -0.1) is 0 Å². The van der Waals surface area contributed by atoms with Gasteiger partial charge in [0.2, 0.25) is 0 Å². The number of hydrogen-bond acceptors (Lipinski definition) is 2. The molecule has 0 aliphatic carbocycles. The molecule has 0 aromatic rings. The van der Waals surface area contributed by atoms with Gasteiger partial charge in [-0.05, 0) is 0 Å². The molecule has 0 unspecified atom stereocenters. The highest BCUT2D eigenvalue weighted by atomic mass is 19.2. The summed E-state index contributed by atoms with van der Waals surface area (Å²) in [5.41, 5.74) is 0. The van der Waals surface area contributed by atoms with Crippen molar-refractivity contribution in [3.63, 3.8) is 0 Å². The average Bonchev–Trinajstić information content (AvgIpc) is 0.811. The van der Waals surface area contributed by atoms with Crippen LogP contribution in [0.25, 0.3) is 0 Å². The van der Waals surface area contributed by atoms with Crippen LogP contribution in [0.15, 0.2) is 0 Å². The maximum Gasteiger partial charge on any atom is 0.279 e. The first-order chi connectivity index (χ1) is 1.73. The minimum atomic E-state index is -2.00. The number of nitrogens with zero attached hydrogens (tertiary/aromatic N) is 1. The Labute approximate surface area is 29.5 Å². The summed E-state index contributed by atoms with van der Waals surface area (Å²) in [5, 5.41) is 6.14. The summed E-state index contributed by atoms with van der Waals surface area (Å²) in [6.07, 6.45) is 0. The molecule has 27 valence electrons. The van der Waals surface area contributed by atoms with Crippen molar-refractivity contribution in [1.29, 1.82) is 0 Å². The van der Waals surface area contributed by atoms with Crippen LogP contribution in [0.5, 0.6) is 0 Å². The second kappa shape index (κ2) is 3.39. The lowest BCUT2D eigenvalue weighted by molar-refractivity contribution is -0.672. The Hall–Kier alpha value is -0.605. The average molecular weight is 75.8 g/mol. The topological polar surface area (TPSA) is 43.1 Å². The second-order valence-electron chi connectivity index (χ2n) is 0.213. The van der Waals surface area contributed by atoms with E-state index in [1.807, 2.05) is 0 Å². The van der Waals surface area contributed by atoms with Crippen LogP contribution in [0, 0.1) is 10.1 Å². The first-order valence-electron chi connectivity index (χ1n) is 0.534. The van der Waals surface area contributed by atoms with Crippen LogP contribution >= 0.6 is 0 Å². The Balaban J connectivity index is 0. The normalized spacial score (nSPS) is 5.00. The van der Waals surface area contributed by atoms with Crippen molar-refractivity contribution in [2.45, 2.75) is 0 Å². The summed E-state index contributed by atoms with van der Waals surface area (Å²) in [4.78, 5) is 8.14. The van der Waals surface area contributed by atoms with Crippen LogP contribution < -0.4 is 0 Å². The molecule has 3 nitrogen and oxygen atoms in total. The monoisotopic (exact) mass is 76.0 g/mol. The highest BCUT2D eigenvalue weighted by Crippen LogP contribution is 1.54. The lowest BCUT2D eigenvalue weighted by atomic mass is 10.8. The van der Waals surface area contributed by atoms with E-state index in [-0.39, 0.29) is 8.41 Å². The largest absolute Gasteiger partial charge is 0.279 e. The van der Waals surface area contributed by atoms with Gasteiger partial charge >= 0.3 is 0 Å². The Morgan fingerprint density at radius 3 is 1.80 bits per heavy atom. The standard InChI is InChI=1S/B.FNO2/c;1-2(3)4. The van der Waals surface area contributed by atoms with Gasteiger partial charge in [-0.25, -0.2) is 10.1 Å². The van der Waals surface area contributed by atoms with Crippen LogP contribution in [0.4, 0.5) is 4.48 Å². The Kier molecular flexibility index (Phi) is 6.00. The number of rotatable bonds is 0. The van der Waals surface area contributed by atoms with Crippen molar-refractivity contribution < 1.29 is 9.63 Å². The van der Waals surface area contributed by atoms with E-state index < -0.39 is 5.15 Å². The minimum absolute atomic E-state index is 0. The van der Waals surface area contributed by atoms with E-state index in [1.165, 1.54) is 0 Å². The molecule has 3 radical (unpaired) electrons. The molecule has 0 atom stereocenters. The van der Waals surface area contributed by atoms with Crippen molar-refractivity contribution in [2.24, 2.45) is 0 Å². The van der Waals surface area contributed by atoms with E-state index in [2.05, 4.69) is 0 Å². The van der Waals surface area contributed by atoms with Crippen LogP contribution in [-0.2, 0) is 0 Å². The quantitative estimate of drug-likeness (QED) is 0.173. The number of hydrogen-bond donors (Lipinski definition) is 0. The van der Waals surface area contributed by atoms with Crippen LogP contribution in [0.2, 0.25) is 0 Å². The maximum atomic E-state index is 9.72. The molecular formula is BFNO2. The van der Waals surface area contributed by atoms with E-state index >= 15 is 0 Å². The lowest BCUT2D eigenvalue weighted by Gasteiger charge is -1.50. The first kappa shape index (κ1) is 8.83. The van der Waals surface area contributed by atoms with Gasteiger partial charge in [0.15, 0.2) is 4.48 Å². The summed E-state index contributed by atoms with van der Waals surface area (Å²) < 4.78 is 9.72. The van der Waals surface area contributed by atoms with Crippen molar-refractivity contribution in [3.8, 4) is 0 Å². The predicted molar refractivity (Wildman–Crippen MR) is 13.9 cm³/mol. The van der Waals surface area contributed by atoms with Crippen molar-refractivity contribution in [3.05, 3.63) is 10.1 Å². The smallest absolute Gasteiger partial charge is 0.219 e. The van der Waals surface area contributed by atoms with Crippen molar-refractivity contribution in [2.75, 3.05) is 0 Å². The molecule has 0 saturated heterocycles. The van der Waals surface area contributed by atoms with Gasteiger partial charge in [0.1, 0.15) is 0 Å². The molecule has 0 aromatic carbocycles. The van der Waals surface area contributed by atoms with Gasteiger partial charge in [-0.1, -0.05) is 0 Å². The molecule has 0 spiro atoms. The lowest BCUT2D eigenvalue weighted by Crippen LogP contribution is -1.69. The van der Waals surface area contributed by atoms with Crippen molar-refractivity contribution in [1.82, 2.24) is 0 Å². The van der Waals surface area contributed by atoms with Gasteiger partial charge in [0.25, 0.3) is 5.15 Å². The van der Waals surface area contributed by atoms with Crippen LogP contribution in [0.3, 0.4) is 0 Å². The molecule has 5 heavy (non-hydrogen) atoms. The van der Waals surface area contributed by atoms with Gasteiger partial charge in [0.05, 0.1) is 0 Å². The second-order valence-corrected chi connectivity index (χ2v) is 0.213. The Morgan fingerprint density at radius 1 is 1.80 bits per heavy atom. The fraction of sp³-hybridized carbons (Fsp3) is 0. The zero-order valence-electron chi connectivity index (χ0n) is 2.22. The predicted octanol–water partition coefficient (Wildman–Crippen LogP) is -0.233. The third-order valence-electron chi connectivity index (χ3n) is 0. The van der Waals surface area contributed by atoms with Crippen molar-refractivity contribution >= 4 is 8.41 Å². The molecule has 0 aliphatic rings. The Bertz CT molecular complexity index is 32.6. The maximum absolute atomic E-state index is 9.72. The third-order valence-corrected chi connectivity index (χ3v) is 0. The molecular weight excluding hydrogens is 75.8 g/mol. The van der Waals surface area contributed by atoms with Gasteiger partial charge < -0.3 is 0 Å². The molecule has 5 heteroatoms. The van der Waals surface area contributed by atoms with Crippen LogP contribution in [0.1, 0.15) is 0 Å². The molecule has 0 heterocycles. The molecule has 0 aromatic heterocycles. The van der Waals surface area contributed by atoms with E-state index in [0.717, 1.165) is 0 Å². The van der Waals surface area contributed by atoms with E-state index in [1.54, 1.807) is 0 Å². The molecule has 0 fully saturated rings. The first-order valence-corrected chi connectivity index (χ1v) is 0.534. The number of halogens is 1. The summed E-state index contributed by atoms with van der Waals surface area (Å²) in [7, 11) is 0. The molecule has 0 N–H and O–H groups in total. The van der Waals surface area contributed by atoms with E-state index in [9.17, 15) is 4.48 Å². The highest BCUT2D eigenvalue weighted by molar-refractivity contribution is 5.75. The van der Waals surface area contributed by atoms with Gasteiger partial charge in [0, 0.05) is 8.41 Å². The zero-order valence-corrected chi connectivity index (χ0v) is 2.22. The fourth-order valence-electron chi connectivity index (χ4n) is 0. The highest BCUT2D eigenvalue weighted by Gasteiger charge is 1.71. The zero-order chi connectivity index (χ0) is 3.58. The minimum Gasteiger partial charge on any atom is -0.219 e. The van der Waals surface area contributed by atoms with E-state index in [0.29, 0.717) is 0 Å².